The monoisotopic (exact) mass is 465 g/mol. The van der Waals surface area contributed by atoms with Gasteiger partial charge in [-0.05, 0) is 31.5 Å². The van der Waals surface area contributed by atoms with Gasteiger partial charge in [0.2, 0.25) is 0 Å². The number of fused-ring (bicyclic) bond motifs is 1. The normalized spacial score (nSPS) is 23.5. The lowest BCUT2D eigenvalue weighted by Gasteiger charge is -2.38. The zero-order valence-electron chi connectivity index (χ0n) is 18.1. The molecule has 0 unspecified atom stereocenters. The number of ether oxygens (including phenoxy) is 1. The van der Waals surface area contributed by atoms with Gasteiger partial charge in [0.25, 0.3) is 0 Å². The Labute approximate surface area is 187 Å². The molecule has 5 rings (SSSR count). The second-order valence-corrected chi connectivity index (χ2v) is 8.46. The second-order valence-electron chi connectivity index (χ2n) is 8.46. The molecule has 176 valence electrons. The van der Waals surface area contributed by atoms with Gasteiger partial charge in [-0.1, -0.05) is 0 Å². The molecule has 0 radical (unpaired) electrons. The summed E-state index contributed by atoms with van der Waals surface area (Å²) in [5, 5.41) is 4.13. The van der Waals surface area contributed by atoms with Crippen molar-refractivity contribution in [1.29, 1.82) is 0 Å². The molecule has 0 saturated carbocycles. The van der Waals surface area contributed by atoms with E-state index in [1.54, 1.807) is 14.0 Å². The van der Waals surface area contributed by atoms with Crippen LogP contribution in [0.5, 0.6) is 0 Å². The number of aryl methyl sites for hydroxylation is 2. The Morgan fingerprint density at radius 2 is 1.94 bits per heavy atom. The number of halogens is 4. The van der Waals surface area contributed by atoms with Crippen LogP contribution in [-0.2, 0) is 24.9 Å². The summed E-state index contributed by atoms with van der Waals surface area (Å²) in [6.07, 6.45) is -0.338. The van der Waals surface area contributed by atoms with Crippen molar-refractivity contribution in [3.8, 4) is 11.6 Å². The summed E-state index contributed by atoms with van der Waals surface area (Å²) in [7, 11) is 1.63. The van der Waals surface area contributed by atoms with E-state index in [2.05, 4.69) is 15.1 Å². The van der Waals surface area contributed by atoms with Gasteiger partial charge in [-0.2, -0.15) is 13.9 Å². The molecule has 33 heavy (non-hydrogen) atoms. The lowest BCUT2D eigenvalue weighted by Crippen LogP contribution is -2.47. The largest absolute Gasteiger partial charge is 0.370 e. The van der Waals surface area contributed by atoms with Crippen molar-refractivity contribution >= 4 is 0 Å². The first kappa shape index (κ1) is 22.0. The lowest BCUT2D eigenvalue weighted by molar-refractivity contribution is -0.0538. The summed E-state index contributed by atoms with van der Waals surface area (Å²) in [6, 6.07) is 2.43. The molecule has 4 heterocycles. The molecule has 1 aromatic carbocycles. The molecule has 1 saturated heterocycles. The van der Waals surface area contributed by atoms with Crippen LogP contribution in [0.2, 0.25) is 0 Å². The highest BCUT2D eigenvalue weighted by molar-refractivity contribution is 5.48. The van der Waals surface area contributed by atoms with Crippen LogP contribution in [0.15, 0.2) is 18.2 Å². The highest BCUT2D eigenvalue weighted by Gasteiger charge is 2.39. The van der Waals surface area contributed by atoms with E-state index in [1.165, 1.54) is 4.68 Å². The van der Waals surface area contributed by atoms with E-state index >= 15 is 0 Å². The molecule has 0 aliphatic carbocycles. The van der Waals surface area contributed by atoms with Crippen molar-refractivity contribution in [2.24, 2.45) is 12.8 Å². The van der Waals surface area contributed by atoms with Crippen LogP contribution >= 0.6 is 0 Å². The average molecular weight is 465 g/mol. The molecule has 0 amide bonds. The molecule has 2 aliphatic heterocycles. The smallest absolute Gasteiger partial charge is 0.320 e. The van der Waals surface area contributed by atoms with Gasteiger partial charge in [0.15, 0.2) is 11.6 Å². The Hall–Kier alpha value is -2.83. The third-order valence-corrected chi connectivity index (χ3v) is 6.25. The van der Waals surface area contributed by atoms with E-state index in [1.807, 2.05) is 4.90 Å². The fourth-order valence-electron chi connectivity index (χ4n) is 4.73. The van der Waals surface area contributed by atoms with Gasteiger partial charge in [-0.15, -0.1) is 0 Å². The zero-order valence-corrected chi connectivity index (χ0v) is 18.1. The Bertz CT molecular complexity index is 1190. The predicted molar refractivity (Wildman–Crippen MR) is 109 cm³/mol. The van der Waals surface area contributed by atoms with Crippen molar-refractivity contribution in [3.05, 3.63) is 52.6 Å². The fourth-order valence-corrected chi connectivity index (χ4v) is 4.73. The van der Waals surface area contributed by atoms with E-state index in [4.69, 9.17) is 10.5 Å². The van der Waals surface area contributed by atoms with Gasteiger partial charge >= 0.3 is 6.55 Å². The lowest BCUT2D eigenvalue weighted by atomic mass is 9.93. The molecular weight excluding hydrogens is 442 g/mol. The van der Waals surface area contributed by atoms with Gasteiger partial charge in [0, 0.05) is 37.8 Å². The van der Waals surface area contributed by atoms with Gasteiger partial charge in [0.05, 0.1) is 18.0 Å². The molecular formula is C21H23F4N7O. The number of alkyl halides is 2. The van der Waals surface area contributed by atoms with E-state index < -0.39 is 30.3 Å². The maximum Gasteiger partial charge on any atom is 0.320 e. The van der Waals surface area contributed by atoms with E-state index in [9.17, 15) is 17.6 Å². The van der Waals surface area contributed by atoms with Gasteiger partial charge < -0.3 is 10.5 Å². The van der Waals surface area contributed by atoms with Crippen molar-refractivity contribution in [3.63, 3.8) is 0 Å². The summed E-state index contributed by atoms with van der Waals surface area (Å²) in [4.78, 5) is 10.7. The van der Waals surface area contributed by atoms with Crippen LogP contribution in [0, 0.1) is 18.6 Å². The third kappa shape index (κ3) is 3.81. The molecule has 1 fully saturated rings. The maximum atomic E-state index is 14.2. The van der Waals surface area contributed by atoms with Crippen LogP contribution in [0.3, 0.4) is 0 Å². The summed E-state index contributed by atoms with van der Waals surface area (Å²) in [6.45, 7) is -0.313. The number of benzene rings is 1. The van der Waals surface area contributed by atoms with Gasteiger partial charge in [-0.3, -0.25) is 9.47 Å². The predicted octanol–water partition coefficient (Wildman–Crippen LogP) is 2.83. The van der Waals surface area contributed by atoms with E-state index in [0.29, 0.717) is 30.2 Å². The molecule has 3 aromatic rings. The summed E-state index contributed by atoms with van der Waals surface area (Å²) in [5.74, 6) is -0.322. The minimum absolute atomic E-state index is 0.0796. The SMILES string of the molecule is Cc1nc(-c2nc3c(n2C(F)F)CN([C@H]2CO[C@H](c4cc(F)ccc4F)[C@@H](N)C2)C3)n(C)n1. The Morgan fingerprint density at radius 1 is 1.15 bits per heavy atom. The Balaban J connectivity index is 1.35. The van der Waals surface area contributed by atoms with Crippen molar-refractivity contribution in [1.82, 2.24) is 29.2 Å². The topological polar surface area (TPSA) is 87.0 Å². The molecule has 2 aromatic heterocycles. The summed E-state index contributed by atoms with van der Waals surface area (Å²) in [5.41, 5.74) is 7.30. The summed E-state index contributed by atoms with van der Waals surface area (Å²) < 4.78 is 64.0. The number of nitrogens with two attached hydrogens (primary N) is 1. The van der Waals surface area contributed by atoms with Crippen LogP contribution in [-0.4, -0.2) is 47.9 Å². The Kier molecular flexibility index (Phi) is 5.46. The van der Waals surface area contributed by atoms with Gasteiger partial charge in [0.1, 0.15) is 23.6 Å². The van der Waals surface area contributed by atoms with Crippen molar-refractivity contribution in [2.45, 2.75) is 51.2 Å². The van der Waals surface area contributed by atoms with Crippen LogP contribution < -0.4 is 5.73 Å². The van der Waals surface area contributed by atoms with Crippen LogP contribution in [0.4, 0.5) is 17.6 Å². The Morgan fingerprint density at radius 3 is 2.61 bits per heavy atom. The number of rotatable bonds is 4. The van der Waals surface area contributed by atoms with Crippen LogP contribution in [0.25, 0.3) is 11.6 Å². The second kappa shape index (κ2) is 8.19. The molecule has 12 heteroatoms. The number of aromatic nitrogens is 5. The molecule has 2 aliphatic rings. The first-order valence-corrected chi connectivity index (χ1v) is 10.5. The van der Waals surface area contributed by atoms with Gasteiger partial charge in [-0.25, -0.2) is 23.4 Å². The number of nitrogens with zero attached hydrogens (tertiary/aromatic N) is 6. The minimum atomic E-state index is -2.79. The quantitative estimate of drug-likeness (QED) is 0.597. The molecule has 0 spiro atoms. The number of hydrogen-bond acceptors (Lipinski definition) is 6. The third-order valence-electron chi connectivity index (χ3n) is 6.25. The summed E-state index contributed by atoms with van der Waals surface area (Å²) >= 11 is 0. The molecule has 2 N–H and O–H groups in total. The number of hydrogen-bond donors (Lipinski definition) is 1. The molecule has 3 atom stereocenters. The number of imidazole rings is 1. The van der Waals surface area contributed by atoms with Crippen LogP contribution in [0.1, 0.15) is 41.8 Å². The molecule has 8 nitrogen and oxygen atoms in total. The standard InChI is InChI=1S/C21H23F4N7O/c1-10-27-19(30(2)29-10)20-28-16-7-31(8-17(16)32(20)21(24)25)12-6-15(26)18(33-9-12)13-5-11(22)3-4-14(13)23/h3-5,12,15,18,21H,6-9,26H2,1-2H3/t12-,15+,18-/m1/s1. The first-order valence-electron chi connectivity index (χ1n) is 10.5. The minimum Gasteiger partial charge on any atom is -0.370 e. The highest BCUT2D eigenvalue weighted by Crippen LogP contribution is 2.37. The average Bonchev–Trinajstić information content (AvgIpc) is 3.41. The maximum absolute atomic E-state index is 14.2. The highest BCUT2D eigenvalue weighted by atomic mass is 19.3. The fraction of sp³-hybridized carbons (Fsp3) is 0.476. The van der Waals surface area contributed by atoms with Crippen molar-refractivity contribution < 1.29 is 22.3 Å². The zero-order chi connectivity index (χ0) is 23.4. The molecule has 0 bridgehead atoms. The van der Waals surface area contributed by atoms with E-state index in [0.717, 1.165) is 22.8 Å². The van der Waals surface area contributed by atoms with Crippen molar-refractivity contribution in [2.75, 3.05) is 6.61 Å². The first-order chi connectivity index (χ1) is 15.7. The van der Waals surface area contributed by atoms with E-state index in [-0.39, 0.29) is 36.4 Å².